The molecule has 8 nitrogen and oxygen atoms in total. The van der Waals surface area contributed by atoms with Gasteiger partial charge in [-0.2, -0.15) is 0 Å². The van der Waals surface area contributed by atoms with E-state index < -0.39 is 22.4 Å². The van der Waals surface area contributed by atoms with E-state index in [1.807, 2.05) is 0 Å². The fourth-order valence-corrected chi connectivity index (χ4v) is 1.46. The Labute approximate surface area is 100 Å². The van der Waals surface area contributed by atoms with Crippen molar-refractivity contribution in [2.45, 2.75) is 12.5 Å². The Morgan fingerprint density at radius 2 is 2.22 bits per heavy atom. The van der Waals surface area contributed by atoms with Gasteiger partial charge in [-0.3, -0.25) is 14.9 Å². The van der Waals surface area contributed by atoms with Crippen LogP contribution in [-0.4, -0.2) is 27.5 Å². The molecule has 0 spiro atoms. The highest BCUT2D eigenvalue weighted by Gasteiger charge is 2.47. The fourth-order valence-electron chi connectivity index (χ4n) is 1.46. The topological polar surface area (TPSA) is 119 Å². The van der Waals surface area contributed by atoms with Crippen molar-refractivity contribution in [3.05, 3.63) is 28.3 Å². The monoisotopic (exact) mass is 252 g/mol. The first kappa shape index (κ1) is 11.8. The highest BCUT2D eigenvalue weighted by Crippen LogP contribution is 2.36. The Morgan fingerprint density at radius 1 is 1.56 bits per heavy atom. The number of nitrogens with one attached hydrogen (secondary N) is 1. The first-order chi connectivity index (χ1) is 8.34. The predicted molar refractivity (Wildman–Crippen MR) is 58.4 cm³/mol. The van der Waals surface area contributed by atoms with Crippen molar-refractivity contribution in [1.29, 1.82) is 0 Å². The summed E-state index contributed by atoms with van der Waals surface area (Å²) in [6.07, 6.45) is 0. The van der Waals surface area contributed by atoms with Crippen molar-refractivity contribution < 1.29 is 24.4 Å². The normalized spacial score (nSPS) is 21.5. The Kier molecular flexibility index (Phi) is 2.43. The van der Waals surface area contributed by atoms with Crippen molar-refractivity contribution in [1.82, 2.24) is 0 Å². The Balaban J connectivity index is 2.48. The van der Waals surface area contributed by atoms with Crippen molar-refractivity contribution >= 4 is 23.3 Å². The highest BCUT2D eigenvalue weighted by atomic mass is 16.6. The molecule has 0 saturated carbocycles. The summed E-state index contributed by atoms with van der Waals surface area (Å²) in [6.45, 7) is 1.08. The van der Waals surface area contributed by atoms with E-state index in [1.165, 1.54) is 12.1 Å². The lowest BCUT2D eigenvalue weighted by Gasteiger charge is -2.30. The largest absolute Gasteiger partial charge is 0.478 e. The summed E-state index contributed by atoms with van der Waals surface area (Å²) in [5.74, 6) is -2.36. The number of hydrogen-bond donors (Lipinski definition) is 2. The number of non-ortho nitro benzene ring substituents is 1. The molecule has 2 N–H and O–H groups in total. The van der Waals surface area contributed by atoms with Gasteiger partial charge in [0, 0.05) is 6.07 Å². The van der Waals surface area contributed by atoms with Gasteiger partial charge in [-0.1, -0.05) is 0 Å². The highest BCUT2D eigenvalue weighted by molar-refractivity contribution is 6.13. The Morgan fingerprint density at radius 3 is 2.78 bits per heavy atom. The van der Waals surface area contributed by atoms with Crippen LogP contribution in [0.25, 0.3) is 0 Å². The first-order valence-corrected chi connectivity index (χ1v) is 4.87. The number of hydrogen-bond acceptors (Lipinski definition) is 5. The zero-order valence-electron chi connectivity index (χ0n) is 9.17. The second kappa shape index (κ2) is 3.69. The predicted octanol–water partition coefficient (Wildman–Crippen LogP) is 0.769. The smallest absolute Gasteiger partial charge is 0.357 e. The summed E-state index contributed by atoms with van der Waals surface area (Å²) < 4.78 is 5.07. The maximum atomic E-state index is 11.6. The molecule has 0 radical (unpaired) electrons. The van der Waals surface area contributed by atoms with Gasteiger partial charge in [-0.05, 0) is 13.0 Å². The number of anilines is 1. The summed E-state index contributed by atoms with van der Waals surface area (Å²) in [7, 11) is 0. The fraction of sp³-hybridized carbons (Fsp3) is 0.200. The second-order valence-electron chi connectivity index (χ2n) is 3.83. The van der Waals surface area contributed by atoms with E-state index in [9.17, 15) is 19.7 Å². The Bertz CT molecular complexity index is 569. The second-order valence-corrected chi connectivity index (χ2v) is 3.83. The van der Waals surface area contributed by atoms with E-state index in [4.69, 9.17) is 9.84 Å². The number of ether oxygens (including phenoxy) is 1. The number of nitro groups is 1. The van der Waals surface area contributed by atoms with Crippen molar-refractivity contribution in [3.63, 3.8) is 0 Å². The van der Waals surface area contributed by atoms with Gasteiger partial charge < -0.3 is 15.2 Å². The lowest BCUT2D eigenvalue weighted by molar-refractivity contribution is -0.385. The van der Waals surface area contributed by atoms with Crippen LogP contribution in [0, 0.1) is 10.1 Å². The van der Waals surface area contributed by atoms with Crippen LogP contribution < -0.4 is 10.1 Å². The molecule has 2 rings (SSSR count). The van der Waals surface area contributed by atoms with E-state index in [-0.39, 0.29) is 17.1 Å². The third-order valence-electron chi connectivity index (χ3n) is 2.58. The maximum absolute atomic E-state index is 11.6. The average molecular weight is 252 g/mol. The zero-order chi connectivity index (χ0) is 13.5. The summed E-state index contributed by atoms with van der Waals surface area (Å²) in [4.78, 5) is 32.5. The molecule has 0 saturated heterocycles. The van der Waals surface area contributed by atoms with Crippen LogP contribution in [0.4, 0.5) is 11.4 Å². The average Bonchev–Trinajstić information content (AvgIpc) is 2.29. The summed E-state index contributed by atoms with van der Waals surface area (Å²) in [5, 5.41) is 21.9. The number of carbonyl (C=O) groups is 2. The molecule has 18 heavy (non-hydrogen) atoms. The molecule has 1 heterocycles. The van der Waals surface area contributed by atoms with Crippen LogP contribution in [-0.2, 0) is 9.59 Å². The summed E-state index contributed by atoms with van der Waals surface area (Å²) >= 11 is 0. The molecule has 0 fully saturated rings. The minimum absolute atomic E-state index is 0.0475. The number of nitro benzene ring substituents is 1. The van der Waals surface area contributed by atoms with Gasteiger partial charge >= 0.3 is 5.97 Å². The van der Waals surface area contributed by atoms with E-state index in [0.29, 0.717) is 0 Å². The SMILES string of the molecule is C[C@]1(C(=O)O)Oc2cc([N+](=O)[O-])ccc2NC1=O. The number of nitrogens with zero attached hydrogens (tertiary/aromatic N) is 1. The molecular weight excluding hydrogens is 244 g/mol. The molecule has 0 unspecified atom stereocenters. The van der Waals surface area contributed by atoms with Crippen LogP contribution in [0.1, 0.15) is 6.92 Å². The van der Waals surface area contributed by atoms with Gasteiger partial charge in [0.15, 0.2) is 5.75 Å². The lowest BCUT2D eigenvalue weighted by atomic mass is 10.0. The first-order valence-electron chi connectivity index (χ1n) is 4.87. The number of fused-ring (bicyclic) bond motifs is 1. The number of carboxylic acid groups (broad SMARTS) is 1. The van der Waals surface area contributed by atoms with E-state index in [1.54, 1.807) is 0 Å². The Hall–Kier alpha value is -2.64. The molecule has 1 aliphatic heterocycles. The number of benzene rings is 1. The molecule has 1 amide bonds. The number of amides is 1. The van der Waals surface area contributed by atoms with Gasteiger partial charge in [0.1, 0.15) is 0 Å². The van der Waals surface area contributed by atoms with Gasteiger partial charge in [-0.15, -0.1) is 0 Å². The van der Waals surface area contributed by atoms with Crippen LogP contribution in [0.15, 0.2) is 18.2 Å². The molecule has 94 valence electrons. The standard InChI is InChI=1S/C10H8N2O6/c1-10(9(14)15)8(13)11-6-3-2-5(12(16)17)4-7(6)18-10/h2-4H,1H3,(H,11,13)(H,14,15)/t10-/m0/s1. The zero-order valence-corrected chi connectivity index (χ0v) is 9.17. The molecular formula is C10H8N2O6. The molecule has 1 aliphatic rings. The van der Waals surface area contributed by atoms with Crippen LogP contribution in [0.2, 0.25) is 0 Å². The molecule has 1 atom stereocenters. The number of carboxylic acids is 1. The van der Waals surface area contributed by atoms with E-state index >= 15 is 0 Å². The van der Waals surface area contributed by atoms with Gasteiger partial charge in [-0.25, -0.2) is 4.79 Å². The molecule has 0 aliphatic carbocycles. The number of aliphatic carboxylic acids is 1. The van der Waals surface area contributed by atoms with Gasteiger partial charge in [0.25, 0.3) is 17.2 Å². The summed E-state index contributed by atoms with van der Waals surface area (Å²) in [6, 6.07) is 3.54. The summed E-state index contributed by atoms with van der Waals surface area (Å²) in [5.41, 5.74) is -2.15. The number of rotatable bonds is 2. The van der Waals surface area contributed by atoms with Gasteiger partial charge in [0.2, 0.25) is 0 Å². The molecule has 0 bridgehead atoms. The molecule has 1 aromatic rings. The minimum atomic E-state index is -2.10. The van der Waals surface area contributed by atoms with Crippen LogP contribution >= 0.6 is 0 Å². The van der Waals surface area contributed by atoms with E-state index in [0.717, 1.165) is 13.0 Å². The van der Waals surface area contributed by atoms with Crippen molar-refractivity contribution in [2.24, 2.45) is 0 Å². The third-order valence-corrected chi connectivity index (χ3v) is 2.58. The molecule has 1 aromatic carbocycles. The van der Waals surface area contributed by atoms with Crippen LogP contribution in [0.3, 0.4) is 0 Å². The van der Waals surface area contributed by atoms with E-state index in [2.05, 4.69) is 5.32 Å². The van der Waals surface area contributed by atoms with Gasteiger partial charge in [0.05, 0.1) is 16.7 Å². The van der Waals surface area contributed by atoms with Crippen molar-refractivity contribution in [2.75, 3.05) is 5.32 Å². The molecule has 8 heteroatoms. The van der Waals surface area contributed by atoms with Crippen molar-refractivity contribution in [3.8, 4) is 5.75 Å². The minimum Gasteiger partial charge on any atom is -0.478 e. The maximum Gasteiger partial charge on any atom is 0.357 e. The quantitative estimate of drug-likeness (QED) is 0.455. The number of carbonyl (C=O) groups excluding carboxylic acids is 1. The van der Waals surface area contributed by atoms with Crippen LogP contribution in [0.5, 0.6) is 5.75 Å². The molecule has 0 aromatic heterocycles. The third kappa shape index (κ3) is 1.63. The lowest BCUT2D eigenvalue weighted by Crippen LogP contribution is -2.54.